The van der Waals surface area contributed by atoms with E-state index in [0.717, 1.165) is 36.2 Å². The molecule has 0 saturated carbocycles. The average Bonchev–Trinajstić information content (AvgIpc) is 3.35. The minimum absolute atomic E-state index is 0.0269. The number of nitrogens with one attached hydrogen (secondary N) is 2. The van der Waals surface area contributed by atoms with Crippen LogP contribution in [0.1, 0.15) is 52.8 Å². The summed E-state index contributed by atoms with van der Waals surface area (Å²) in [5, 5.41) is 3.05. The van der Waals surface area contributed by atoms with Gasteiger partial charge in [-0.25, -0.2) is 4.98 Å². The lowest BCUT2D eigenvalue weighted by molar-refractivity contribution is -0.138. The van der Waals surface area contributed by atoms with Crippen molar-refractivity contribution in [1.29, 1.82) is 0 Å². The number of amides is 2. The third-order valence-electron chi connectivity index (χ3n) is 5.89. The zero-order chi connectivity index (χ0) is 21.7. The third kappa shape index (κ3) is 5.39. The maximum Gasteiger partial charge on any atom is 0.242 e. The van der Waals surface area contributed by atoms with Crippen molar-refractivity contribution in [2.45, 2.75) is 71.5 Å². The minimum atomic E-state index is -0.347. The molecule has 0 unspecified atom stereocenters. The second-order valence-electron chi connectivity index (χ2n) is 8.66. The lowest BCUT2D eigenvalue weighted by atomic mass is 10.2. The van der Waals surface area contributed by atoms with Crippen LogP contribution >= 0.6 is 0 Å². The van der Waals surface area contributed by atoms with E-state index in [2.05, 4.69) is 47.9 Å². The van der Waals surface area contributed by atoms with Crippen LogP contribution < -0.4 is 5.32 Å². The second-order valence-corrected chi connectivity index (χ2v) is 8.66. The molecular weight excluding hydrogens is 378 g/mol. The number of carbonyl (C=O) groups is 2. The van der Waals surface area contributed by atoms with Gasteiger partial charge < -0.3 is 15.2 Å². The zero-order valence-electron chi connectivity index (χ0n) is 18.6. The van der Waals surface area contributed by atoms with E-state index in [1.54, 1.807) is 4.90 Å². The fraction of sp³-hybridized carbons (Fsp3) is 0.609. The number of likely N-dealkylation sites (tertiary alicyclic amines) is 1. The topological polar surface area (TPSA) is 81.3 Å². The molecule has 1 aliphatic rings. The Bertz CT molecular complexity index is 819. The van der Waals surface area contributed by atoms with Gasteiger partial charge in [0.15, 0.2) is 0 Å². The van der Waals surface area contributed by atoms with Gasteiger partial charge in [-0.15, -0.1) is 0 Å². The Morgan fingerprint density at radius 2 is 1.97 bits per heavy atom. The molecule has 1 aliphatic heterocycles. The normalized spacial score (nSPS) is 16.9. The Balaban J connectivity index is 1.50. The highest BCUT2D eigenvalue weighted by molar-refractivity contribution is 5.88. The van der Waals surface area contributed by atoms with Gasteiger partial charge in [0, 0.05) is 44.6 Å². The Kier molecular flexibility index (Phi) is 7.48. The maximum atomic E-state index is 12.8. The zero-order valence-corrected chi connectivity index (χ0v) is 18.6. The number of rotatable bonds is 9. The molecule has 1 saturated heterocycles. The first-order valence-corrected chi connectivity index (χ1v) is 11.1. The van der Waals surface area contributed by atoms with Crippen LogP contribution in [0.4, 0.5) is 0 Å². The molecule has 1 atom stereocenters. The van der Waals surface area contributed by atoms with Crippen LogP contribution in [0, 0.1) is 0 Å². The summed E-state index contributed by atoms with van der Waals surface area (Å²) in [5.74, 6) is 0.809. The van der Waals surface area contributed by atoms with E-state index >= 15 is 0 Å². The number of para-hydroxylation sites is 2. The predicted molar refractivity (Wildman–Crippen MR) is 119 cm³/mol. The van der Waals surface area contributed by atoms with E-state index < -0.39 is 0 Å². The molecule has 0 bridgehead atoms. The number of nitrogens with zero attached hydrogens (tertiary/aromatic N) is 3. The quantitative estimate of drug-likeness (QED) is 0.662. The maximum absolute atomic E-state index is 12.8. The van der Waals surface area contributed by atoms with E-state index in [-0.39, 0.29) is 17.9 Å². The fourth-order valence-electron chi connectivity index (χ4n) is 4.37. The first-order valence-electron chi connectivity index (χ1n) is 11.1. The standard InChI is InChI=1S/C23H35N5O2/c1-16(2)27(17(3)4)15-13-24-23(30)20-10-7-14-28(20)22(29)12-11-21-25-18-8-5-6-9-19(18)26-21/h5-6,8-9,16-17,20H,7,10-15H2,1-4H3,(H,24,30)(H,25,26)/t20-/m1/s1. The van der Waals surface area contributed by atoms with E-state index in [9.17, 15) is 9.59 Å². The number of hydrogen-bond donors (Lipinski definition) is 2. The van der Waals surface area contributed by atoms with E-state index in [1.807, 2.05) is 24.3 Å². The minimum Gasteiger partial charge on any atom is -0.353 e. The van der Waals surface area contributed by atoms with Crippen molar-refractivity contribution in [3.05, 3.63) is 30.1 Å². The van der Waals surface area contributed by atoms with Gasteiger partial charge in [0.1, 0.15) is 11.9 Å². The molecule has 0 aliphatic carbocycles. The van der Waals surface area contributed by atoms with E-state index in [1.165, 1.54) is 0 Å². The van der Waals surface area contributed by atoms with Crippen LogP contribution in [0.15, 0.2) is 24.3 Å². The van der Waals surface area contributed by atoms with Gasteiger partial charge in [-0.2, -0.15) is 0 Å². The van der Waals surface area contributed by atoms with Crippen LogP contribution in [-0.2, 0) is 16.0 Å². The molecule has 2 aromatic rings. The Morgan fingerprint density at radius 3 is 2.67 bits per heavy atom. The summed E-state index contributed by atoms with van der Waals surface area (Å²) in [6.07, 6.45) is 2.52. The molecule has 2 amide bonds. The molecule has 0 radical (unpaired) electrons. The molecule has 1 aromatic heterocycles. The number of aryl methyl sites for hydroxylation is 1. The van der Waals surface area contributed by atoms with Crippen molar-refractivity contribution in [2.75, 3.05) is 19.6 Å². The summed E-state index contributed by atoms with van der Waals surface area (Å²) in [6, 6.07) is 8.37. The smallest absolute Gasteiger partial charge is 0.242 e. The van der Waals surface area contributed by atoms with Crippen molar-refractivity contribution in [3.63, 3.8) is 0 Å². The molecule has 2 heterocycles. The van der Waals surface area contributed by atoms with Gasteiger partial charge >= 0.3 is 0 Å². The number of aromatic amines is 1. The lowest BCUT2D eigenvalue weighted by Crippen LogP contribution is -2.48. The first kappa shape index (κ1) is 22.3. The second kappa shape index (κ2) is 10.1. The van der Waals surface area contributed by atoms with E-state index in [0.29, 0.717) is 38.0 Å². The van der Waals surface area contributed by atoms with Crippen LogP contribution in [0.25, 0.3) is 11.0 Å². The van der Waals surface area contributed by atoms with Gasteiger partial charge in [-0.3, -0.25) is 14.5 Å². The SMILES string of the molecule is CC(C)N(CCNC(=O)[C@H]1CCCN1C(=O)CCc1nc2ccccc2[nH]1)C(C)C. The highest BCUT2D eigenvalue weighted by atomic mass is 16.2. The Labute approximate surface area is 179 Å². The molecule has 3 rings (SSSR count). The van der Waals surface area contributed by atoms with Crippen LogP contribution in [0.2, 0.25) is 0 Å². The summed E-state index contributed by atoms with van der Waals surface area (Å²) in [6.45, 7) is 10.7. The summed E-state index contributed by atoms with van der Waals surface area (Å²) in [4.78, 5) is 37.4. The number of fused-ring (bicyclic) bond motifs is 1. The van der Waals surface area contributed by atoms with Crippen molar-refractivity contribution in [2.24, 2.45) is 0 Å². The fourth-order valence-corrected chi connectivity index (χ4v) is 4.37. The van der Waals surface area contributed by atoms with Gasteiger partial charge in [0.05, 0.1) is 11.0 Å². The van der Waals surface area contributed by atoms with Gasteiger partial charge in [-0.05, 0) is 52.7 Å². The Hall–Kier alpha value is -2.41. The number of hydrogen-bond acceptors (Lipinski definition) is 4. The molecule has 1 aromatic carbocycles. The predicted octanol–water partition coefficient (Wildman–Crippen LogP) is 2.72. The van der Waals surface area contributed by atoms with Gasteiger partial charge in [0.25, 0.3) is 0 Å². The highest BCUT2D eigenvalue weighted by Gasteiger charge is 2.33. The lowest BCUT2D eigenvalue weighted by Gasteiger charge is -2.31. The third-order valence-corrected chi connectivity index (χ3v) is 5.89. The first-order chi connectivity index (χ1) is 14.4. The van der Waals surface area contributed by atoms with Crippen LogP contribution in [0.5, 0.6) is 0 Å². The van der Waals surface area contributed by atoms with Crippen molar-refractivity contribution >= 4 is 22.8 Å². The van der Waals surface area contributed by atoms with Crippen molar-refractivity contribution < 1.29 is 9.59 Å². The molecule has 7 nitrogen and oxygen atoms in total. The Morgan fingerprint density at radius 1 is 1.23 bits per heavy atom. The number of H-pyrrole nitrogens is 1. The molecule has 1 fully saturated rings. The molecule has 164 valence electrons. The summed E-state index contributed by atoms with van der Waals surface area (Å²) < 4.78 is 0. The summed E-state index contributed by atoms with van der Waals surface area (Å²) in [7, 11) is 0. The van der Waals surface area contributed by atoms with Gasteiger partial charge in [-0.1, -0.05) is 12.1 Å². The van der Waals surface area contributed by atoms with Crippen LogP contribution in [-0.4, -0.2) is 69.3 Å². The molecule has 0 spiro atoms. The molecule has 30 heavy (non-hydrogen) atoms. The number of aromatic nitrogens is 2. The summed E-state index contributed by atoms with van der Waals surface area (Å²) in [5.41, 5.74) is 1.89. The summed E-state index contributed by atoms with van der Waals surface area (Å²) >= 11 is 0. The molecule has 7 heteroatoms. The van der Waals surface area contributed by atoms with Crippen molar-refractivity contribution in [3.8, 4) is 0 Å². The van der Waals surface area contributed by atoms with Crippen LogP contribution in [0.3, 0.4) is 0 Å². The molecular formula is C23H35N5O2. The number of benzene rings is 1. The molecule has 2 N–H and O–H groups in total. The van der Waals surface area contributed by atoms with Gasteiger partial charge in [0.2, 0.25) is 11.8 Å². The van der Waals surface area contributed by atoms with E-state index in [4.69, 9.17) is 0 Å². The largest absolute Gasteiger partial charge is 0.353 e. The average molecular weight is 414 g/mol. The van der Waals surface area contributed by atoms with Crippen molar-refractivity contribution in [1.82, 2.24) is 25.1 Å². The number of carbonyl (C=O) groups excluding carboxylic acids is 2. The number of imidazole rings is 1. The highest BCUT2D eigenvalue weighted by Crippen LogP contribution is 2.19. The monoisotopic (exact) mass is 413 g/mol.